The fourth-order valence-electron chi connectivity index (χ4n) is 5.18. The molecule has 1 aromatic carbocycles. The Hall–Kier alpha value is -3.42. The summed E-state index contributed by atoms with van der Waals surface area (Å²) in [5, 5.41) is 4.85. The molecule has 2 saturated heterocycles. The molecule has 1 amide bonds. The summed E-state index contributed by atoms with van der Waals surface area (Å²) >= 11 is 0. The molecular formula is C25H31N7O. The standard InChI is InChI=1S/C25H31N7O/c1-17-15-32-23(28-24(17)30-11-9-18(16-30)14-27-2)13-21(29-32)22-8-3-4-10-31(22)25(33)19-6-5-7-20(26)12-19/h5-7,12-13,15,18,22H,2-4,8-11,14,16,26H2,1H3/t18-,22+/m1/s1. The second-order valence-corrected chi connectivity index (χ2v) is 9.26. The number of hydrogen-bond donors (Lipinski definition) is 1. The molecule has 0 spiro atoms. The number of nitrogen functional groups attached to an aromatic ring is 1. The first-order valence-corrected chi connectivity index (χ1v) is 11.7. The molecule has 2 fully saturated rings. The van der Waals surface area contributed by atoms with Crippen molar-refractivity contribution < 1.29 is 4.79 Å². The first kappa shape index (κ1) is 21.4. The highest BCUT2D eigenvalue weighted by Crippen LogP contribution is 2.33. The minimum absolute atomic E-state index is 0.00724. The van der Waals surface area contributed by atoms with Gasteiger partial charge in [-0.25, -0.2) is 9.50 Å². The summed E-state index contributed by atoms with van der Waals surface area (Å²) < 4.78 is 1.85. The van der Waals surface area contributed by atoms with Crippen molar-refractivity contribution in [1.82, 2.24) is 19.5 Å². The van der Waals surface area contributed by atoms with Gasteiger partial charge in [0.05, 0.1) is 11.7 Å². The van der Waals surface area contributed by atoms with Gasteiger partial charge in [-0.05, 0) is 63.4 Å². The highest BCUT2D eigenvalue weighted by Gasteiger charge is 2.31. The minimum Gasteiger partial charge on any atom is -0.399 e. The molecule has 2 aliphatic heterocycles. The molecule has 2 N–H and O–H groups in total. The average Bonchev–Trinajstić information content (AvgIpc) is 3.45. The summed E-state index contributed by atoms with van der Waals surface area (Å²) in [6.45, 7) is 9.17. The number of rotatable bonds is 5. The van der Waals surface area contributed by atoms with Crippen LogP contribution >= 0.6 is 0 Å². The number of hydrogen-bond acceptors (Lipinski definition) is 6. The lowest BCUT2D eigenvalue weighted by molar-refractivity contribution is 0.0606. The van der Waals surface area contributed by atoms with Gasteiger partial charge in [0.15, 0.2) is 5.65 Å². The van der Waals surface area contributed by atoms with Gasteiger partial charge >= 0.3 is 0 Å². The number of likely N-dealkylation sites (tertiary alicyclic amines) is 1. The Morgan fingerprint density at radius 3 is 2.94 bits per heavy atom. The third-order valence-corrected chi connectivity index (χ3v) is 6.84. The van der Waals surface area contributed by atoms with E-state index in [4.69, 9.17) is 15.8 Å². The Morgan fingerprint density at radius 2 is 2.12 bits per heavy atom. The van der Waals surface area contributed by atoms with Crippen molar-refractivity contribution in [2.75, 3.05) is 36.8 Å². The smallest absolute Gasteiger partial charge is 0.254 e. The van der Waals surface area contributed by atoms with Gasteiger partial charge in [0, 0.05) is 55.3 Å². The number of nitrogens with zero attached hydrogens (tertiary/aromatic N) is 6. The lowest BCUT2D eigenvalue weighted by Gasteiger charge is -2.34. The number of aromatic nitrogens is 3. The van der Waals surface area contributed by atoms with Gasteiger partial charge in [-0.2, -0.15) is 5.10 Å². The number of nitrogens with two attached hydrogens (primary N) is 1. The van der Waals surface area contributed by atoms with Crippen LogP contribution in [0.1, 0.15) is 53.3 Å². The molecule has 2 atom stereocenters. The van der Waals surface area contributed by atoms with Crippen molar-refractivity contribution in [2.24, 2.45) is 10.9 Å². The SMILES string of the molecule is C=NC[C@H]1CCN(c2nc3cc([C@@H]4CCCCN4C(=O)c4cccc(N)c4)nn3cc2C)C1. The maximum absolute atomic E-state index is 13.3. The van der Waals surface area contributed by atoms with Crippen molar-refractivity contribution in [1.29, 1.82) is 0 Å². The average molecular weight is 446 g/mol. The van der Waals surface area contributed by atoms with E-state index < -0.39 is 0 Å². The molecule has 2 aromatic heterocycles. The van der Waals surface area contributed by atoms with Crippen molar-refractivity contribution in [2.45, 2.75) is 38.6 Å². The predicted molar refractivity (Wildman–Crippen MR) is 131 cm³/mol. The largest absolute Gasteiger partial charge is 0.399 e. The van der Waals surface area contributed by atoms with Crippen LogP contribution in [0.3, 0.4) is 0 Å². The molecule has 0 bridgehead atoms. The topological polar surface area (TPSA) is 92.1 Å². The minimum atomic E-state index is -0.0621. The number of carbonyl (C=O) groups is 1. The van der Waals surface area contributed by atoms with Gasteiger partial charge in [0.2, 0.25) is 0 Å². The summed E-state index contributed by atoms with van der Waals surface area (Å²) in [5.41, 5.74) is 9.95. The molecule has 0 radical (unpaired) electrons. The molecule has 0 saturated carbocycles. The number of piperidine rings is 1. The third-order valence-electron chi connectivity index (χ3n) is 6.84. The second kappa shape index (κ2) is 8.84. The fourth-order valence-corrected chi connectivity index (χ4v) is 5.18. The summed E-state index contributed by atoms with van der Waals surface area (Å²) in [4.78, 5) is 26.6. The monoisotopic (exact) mass is 445 g/mol. The summed E-state index contributed by atoms with van der Waals surface area (Å²) in [7, 11) is 0. The van der Waals surface area contributed by atoms with E-state index in [1.807, 2.05) is 33.8 Å². The van der Waals surface area contributed by atoms with Gasteiger partial charge < -0.3 is 20.5 Å². The highest BCUT2D eigenvalue weighted by atomic mass is 16.2. The van der Waals surface area contributed by atoms with Crippen LogP contribution in [0.4, 0.5) is 11.5 Å². The zero-order chi connectivity index (χ0) is 22.9. The molecule has 33 heavy (non-hydrogen) atoms. The molecule has 5 rings (SSSR count). The number of anilines is 2. The maximum Gasteiger partial charge on any atom is 0.254 e. The zero-order valence-electron chi connectivity index (χ0n) is 19.2. The van der Waals surface area contributed by atoms with Crippen LogP contribution in [-0.2, 0) is 0 Å². The van der Waals surface area contributed by atoms with Crippen LogP contribution in [0, 0.1) is 12.8 Å². The van der Waals surface area contributed by atoms with Gasteiger partial charge in [-0.3, -0.25) is 4.79 Å². The first-order valence-electron chi connectivity index (χ1n) is 11.7. The highest BCUT2D eigenvalue weighted by molar-refractivity contribution is 5.95. The van der Waals surface area contributed by atoms with E-state index in [9.17, 15) is 4.79 Å². The predicted octanol–water partition coefficient (Wildman–Crippen LogP) is 3.51. The van der Waals surface area contributed by atoms with Crippen LogP contribution in [-0.4, -0.2) is 58.3 Å². The normalized spacial score (nSPS) is 21.0. The lowest BCUT2D eigenvalue weighted by atomic mass is 9.98. The van der Waals surface area contributed by atoms with Crippen molar-refractivity contribution >= 4 is 29.8 Å². The lowest BCUT2D eigenvalue weighted by Crippen LogP contribution is -2.38. The quantitative estimate of drug-likeness (QED) is 0.479. The molecule has 8 nitrogen and oxygen atoms in total. The van der Waals surface area contributed by atoms with E-state index in [0.717, 1.165) is 74.6 Å². The van der Waals surface area contributed by atoms with E-state index in [2.05, 4.69) is 23.5 Å². The van der Waals surface area contributed by atoms with E-state index in [1.54, 1.807) is 12.1 Å². The number of aryl methyl sites for hydroxylation is 1. The Kier molecular flexibility index (Phi) is 5.74. The van der Waals surface area contributed by atoms with Crippen LogP contribution in [0.5, 0.6) is 0 Å². The van der Waals surface area contributed by atoms with Crippen LogP contribution in [0.2, 0.25) is 0 Å². The number of amides is 1. The van der Waals surface area contributed by atoms with E-state index in [0.29, 0.717) is 17.2 Å². The van der Waals surface area contributed by atoms with Crippen LogP contribution < -0.4 is 10.6 Å². The molecule has 0 unspecified atom stereocenters. The number of aliphatic imine (C=N–C) groups is 1. The van der Waals surface area contributed by atoms with Crippen molar-refractivity contribution in [3.05, 3.63) is 53.3 Å². The second-order valence-electron chi connectivity index (χ2n) is 9.26. The third kappa shape index (κ3) is 4.17. The summed E-state index contributed by atoms with van der Waals surface area (Å²) in [6.07, 6.45) is 6.12. The number of carbonyl (C=O) groups excluding carboxylic acids is 1. The fraction of sp³-hybridized carbons (Fsp3) is 0.440. The van der Waals surface area contributed by atoms with E-state index in [-0.39, 0.29) is 11.9 Å². The zero-order valence-corrected chi connectivity index (χ0v) is 19.2. The Balaban J connectivity index is 1.43. The molecule has 8 heteroatoms. The molecular weight excluding hydrogens is 414 g/mol. The Bertz CT molecular complexity index is 1190. The van der Waals surface area contributed by atoms with Gasteiger partial charge in [-0.1, -0.05) is 6.07 Å². The number of benzene rings is 1. The van der Waals surface area contributed by atoms with Crippen LogP contribution in [0.15, 0.2) is 41.5 Å². The summed E-state index contributed by atoms with van der Waals surface area (Å²) in [6, 6.07) is 9.19. The van der Waals surface area contributed by atoms with E-state index >= 15 is 0 Å². The maximum atomic E-state index is 13.3. The van der Waals surface area contributed by atoms with Gasteiger partial charge in [-0.15, -0.1) is 0 Å². The van der Waals surface area contributed by atoms with Gasteiger partial charge in [0.25, 0.3) is 5.91 Å². The number of fused-ring (bicyclic) bond motifs is 1. The molecule has 3 aromatic rings. The Labute approximate surface area is 194 Å². The van der Waals surface area contributed by atoms with Crippen molar-refractivity contribution in [3.63, 3.8) is 0 Å². The van der Waals surface area contributed by atoms with Gasteiger partial charge in [0.1, 0.15) is 5.82 Å². The van der Waals surface area contributed by atoms with Crippen molar-refractivity contribution in [3.8, 4) is 0 Å². The Morgan fingerprint density at radius 1 is 1.24 bits per heavy atom. The molecule has 172 valence electrons. The molecule has 2 aliphatic rings. The summed E-state index contributed by atoms with van der Waals surface area (Å²) in [5.74, 6) is 1.55. The van der Waals surface area contributed by atoms with Crippen LogP contribution in [0.25, 0.3) is 5.65 Å². The first-order chi connectivity index (χ1) is 16.0. The molecule has 4 heterocycles. The molecule has 0 aliphatic carbocycles. The van der Waals surface area contributed by atoms with E-state index in [1.165, 1.54) is 0 Å².